The average molecular weight is 466 g/mol. The molecule has 7 heteroatoms. The van der Waals surface area contributed by atoms with E-state index in [0.29, 0.717) is 31.0 Å². The van der Waals surface area contributed by atoms with Gasteiger partial charge in [-0.25, -0.2) is 0 Å². The number of carbonyl (C=O) groups is 2. The van der Waals surface area contributed by atoms with Gasteiger partial charge in [0.1, 0.15) is 11.5 Å². The fraction of sp³-hybridized carbons (Fsp3) is 0.407. The van der Waals surface area contributed by atoms with Gasteiger partial charge in [-0.15, -0.1) is 0 Å². The van der Waals surface area contributed by atoms with Crippen molar-refractivity contribution in [3.63, 3.8) is 0 Å². The van der Waals surface area contributed by atoms with Crippen LogP contribution in [0.15, 0.2) is 48.0 Å². The summed E-state index contributed by atoms with van der Waals surface area (Å²) in [5.41, 5.74) is 3.20. The number of ether oxygens (including phenoxy) is 1. The Morgan fingerprint density at radius 2 is 1.74 bits per heavy atom. The van der Waals surface area contributed by atoms with E-state index in [2.05, 4.69) is 0 Å². The molecule has 182 valence electrons. The molecule has 1 fully saturated rings. The van der Waals surface area contributed by atoms with Crippen LogP contribution in [0.5, 0.6) is 5.75 Å². The minimum atomic E-state index is -0.663. The maximum Gasteiger partial charge on any atom is 0.295 e. The maximum atomic E-state index is 13.2. The number of amides is 1. The molecule has 1 saturated heterocycles. The number of Topliss-reactive ketones (excluding diaryl/α,β-unsaturated/α-hetero) is 1. The number of nitrogens with zero attached hydrogens (tertiary/aromatic N) is 3. The van der Waals surface area contributed by atoms with Crippen molar-refractivity contribution in [2.45, 2.75) is 26.3 Å². The standard InChI is InChI=1S/C27H35N3O4/c1-7-16-34-21-12-13-22(18(2)17-21)25(31)23-24(19-8-10-20(11-9-19)29(5)6)30(15-14-28(3)4)27(33)26(23)32/h8-13,17,24,31H,7,14-16H2,1-6H3/t24-/m0/s1. The number of rotatable bonds is 9. The second kappa shape index (κ2) is 10.7. The van der Waals surface area contributed by atoms with Gasteiger partial charge in [0.05, 0.1) is 18.2 Å². The molecule has 0 unspecified atom stereocenters. The van der Waals surface area contributed by atoms with Gasteiger partial charge in [0, 0.05) is 38.4 Å². The lowest BCUT2D eigenvalue weighted by Gasteiger charge is -2.27. The summed E-state index contributed by atoms with van der Waals surface area (Å²) in [6.07, 6.45) is 0.893. The first kappa shape index (κ1) is 25.3. The van der Waals surface area contributed by atoms with Crippen LogP contribution < -0.4 is 9.64 Å². The zero-order valence-corrected chi connectivity index (χ0v) is 21.0. The SMILES string of the molecule is CCCOc1ccc(C(O)=C2C(=O)C(=O)N(CCN(C)C)[C@H]2c2ccc(N(C)C)cc2)c(C)c1. The van der Waals surface area contributed by atoms with Crippen LogP contribution in [0, 0.1) is 6.92 Å². The summed E-state index contributed by atoms with van der Waals surface area (Å²) in [6.45, 7) is 5.47. The Hall–Kier alpha value is -3.32. The lowest BCUT2D eigenvalue weighted by atomic mass is 9.93. The highest BCUT2D eigenvalue weighted by Gasteiger charge is 2.46. The monoisotopic (exact) mass is 465 g/mol. The van der Waals surface area contributed by atoms with Gasteiger partial charge in [-0.05, 0) is 68.9 Å². The molecule has 3 rings (SSSR count). The molecule has 0 bridgehead atoms. The minimum Gasteiger partial charge on any atom is -0.507 e. The number of aliphatic hydroxyl groups is 1. The van der Waals surface area contributed by atoms with Crippen LogP contribution in [0.4, 0.5) is 5.69 Å². The van der Waals surface area contributed by atoms with Gasteiger partial charge < -0.3 is 24.5 Å². The topological polar surface area (TPSA) is 73.3 Å². The van der Waals surface area contributed by atoms with E-state index in [4.69, 9.17) is 4.74 Å². The molecule has 1 amide bonds. The second-order valence-electron chi connectivity index (χ2n) is 9.11. The Morgan fingerprint density at radius 1 is 1.06 bits per heavy atom. The van der Waals surface area contributed by atoms with E-state index in [0.717, 1.165) is 23.2 Å². The highest BCUT2D eigenvalue weighted by atomic mass is 16.5. The fourth-order valence-electron chi connectivity index (χ4n) is 4.08. The molecule has 0 aliphatic carbocycles. The van der Waals surface area contributed by atoms with Gasteiger partial charge in [0.15, 0.2) is 0 Å². The van der Waals surface area contributed by atoms with Crippen molar-refractivity contribution in [3.8, 4) is 5.75 Å². The minimum absolute atomic E-state index is 0.117. The molecule has 1 heterocycles. The lowest BCUT2D eigenvalue weighted by molar-refractivity contribution is -0.140. The number of aryl methyl sites for hydroxylation is 1. The number of aliphatic hydroxyl groups excluding tert-OH is 1. The normalized spacial score (nSPS) is 17.5. The van der Waals surface area contributed by atoms with E-state index in [1.807, 2.05) is 82.2 Å². The van der Waals surface area contributed by atoms with Crippen LogP contribution in [0.3, 0.4) is 0 Å². The van der Waals surface area contributed by atoms with Crippen molar-refractivity contribution in [1.82, 2.24) is 9.80 Å². The average Bonchev–Trinajstić information content (AvgIpc) is 3.05. The Bertz CT molecular complexity index is 1070. The third kappa shape index (κ3) is 5.25. The highest BCUT2D eigenvalue weighted by Crippen LogP contribution is 2.40. The fourth-order valence-corrected chi connectivity index (χ4v) is 4.08. The van der Waals surface area contributed by atoms with E-state index < -0.39 is 17.7 Å². The quantitative estimate of drug-likeness (QED) is 0.345. The van der Waals surface area contributed by atoms with Crippen molar-refractivity contribution in [2.24, 2.45) is 0 Å². The molecule has 1 N–H and O–H groups in total. The molecular formula is C27H35N3O4. The molecule has 0 radical (unpaired) electrons. The van der Waals surface area contributed by atoms with Gasteiger partial charge in [-0.2, -0.15) is 0 Å². The third-order valence-electron chi connectivity index (χ3n) is 5.98. The molecule has 34 heavy (non-hydrogen) atoms. The van der Waals surface area contributed by atoms with E-state index in [-0.39, 0.29) is 11.3 Å². The molecule has 0 saturated carbocycles. The van der Waals surface area contributed by atoms with Crippen molar-refractivity contribution in [2.75, 3.05) is 52.8 Å². The number of likely N-dealkylation sites (tertiary alicyclic amines) is 1. The van der Waals surface area contributed by atoms with Crippen LogP contribution >= 0.6 is 0 Å². The van der Waals surface area contributed by atoms with E-state index in [1.165, 1.54) is 0 Å². The molecule has 1 atom stereocenters. The first-order chi connectivity index (χ1) is 16.1. The van der Waals surface area contributed by atoms with Crippen molar-refractivity contribution >= 4 is 23.1 Å². The number of carbonyl (C=O) groups excluding carboxylic acids is 2. The molecule has 1 aliphatic rings. The highest BCUT2D eigenvalue weighted by molar-refractivity contribution is 6.46. The van der Waals surface area contributed by atoms with Crippen LogP contribution in [0.25, 0.3) is 5.76 Å². The Balaban J connectivity index is 2.10. The van der Waals surface area contributed by atoms with E-state index in [1.54, 1.807) is 17.0 Å². The number of ketones is 1. The first-order valence-corrected chi connectivity index (χ1v) is 11.6. The van der Waals surface area contributed by atoms with Gasteiger partial charge in [-0.3, -0.25) is 9.59 Å². The molecule has 7 nitrogen and oxygen atoms in total. The predicted octanol–water partition coefficient (Wildman–Crippen LogP) is 3.83. The third-order valence-corrected chi connectivity index (χ3v) is 5.98. The summed E-state index contributed by atoms with van der Waals surface area (Å²) in [6, 6.07) is 12.4. The van der Waals surface area contributed by atoms with Crippen LogP contribution in [0.1, 0.15) is 36.1 Å². The summed E-state index contributed by atoms with van der Waals surface area (Å²) < 4.78 is 5.69. The van der Waals surface area contributed by atoms with E-state index in [9.17, 15) is 14.7 Å². The zero-order chi connectivity index (χ0) is 25.0. The summed E-state index contributed by atoms with van der Waals surface area (Å²) in [5.74, 6) is -0.709. The second-order valence-corrected chi connectivity index (χ2v) is 9.11. The number of anilines is 1. The van der Waals surface area contributed by atoms with Crippen LogP contribution in [-0.4, -0.2) is 74.5 Å². The molecule has 1 aliphatic heterocycles. The van der Waals surface area contributed by atoms with Crippen LogP contribution in [0.2, 0.25) is 0 Å². The number of likely N-dealkylation sites (N-methyl/N-ethyl adjacent to an activating group) is 1. The number of hydrogen-bond donors (Lipinski definition) is 1. The van der Waals surface area contributed by atoms with Crippen molar-refractivity contribution in [1.29, 1.82) is 0 Å². The molecule has 0 aromatic heterocycles. The Kier molecular flexibility index (Phi) is 7.99. The summed E-state index contributed by atoms with van der Waals surface area (Å²) >= 11 is 0. The van der Waals surface area contributed by atoms with Gasteiger partial charge in [-0.1, -0.05) is 19.1 Å². The zero-order valence-electron chi connectivity index (χ0n) is 21.0. The smallest absolute Gasteiger partial charge is 0.295 e. The number of benzene rings is 2. The van der Waals surface area contributed by atoms with Crippen LogP contribution in [-0.2, 0) is 9.59 Å². The Morgan fingerprint density at radius 3 is 2.29 bits per heavy atom. The summed E-state index contributed by atoms with van der Waals surface area (Å²) in [7, 11) is 7.75. The molecule has 0 spiro atoms. The van der Waals surface area contributed by atoms with Gasteiger partial charge >= 0.3 is 0 Å². The predicted molar refractivity (Wildman–Crippen MR) is 135 cm³/mol. The summed E-state index contributed by atoms with van der Waals surface area (Å²) in [5, 5.41) is 11.3. The Labute approximate surface area is 202 Å². The maximum absolute atomic E-state index is 13.2. The first-order valence-electron chi connectivity index (χ1n) is 11.6. The van der Waals surface area contributed by atoms with Crippen molar-refractivity contribution in [3.05, 3.63) is 64.7 Å². The summed E-state index contributed by atoms with van der Waals surface area (Å²) in [4.78, 5) is 31.8. The molecular weight excluding hydrogens is 430 g/mol. The molecule has 2 aromatic rings. The van der Waals surface area contributed by atoms with E-state index >= 15 is 0 Å². The van der Waals surface area contributed by atoms with Gasteiger partial charge in [0.25, 0.3) is 11.7 Å². The van der Waals surface area contributed by atoms with Crippen molar-refractivity contribution < 1.29 is 19.4 Å². The largest absolute Gasteiger partial charge is 0.507 e. The molecule has 2 aromatic carbocycles. The van der Waals surface area contributed by atoms with Gasteiger partial charge in [0.2, 0.25) is 0 Å². The lowest BCUT2D eigenvalue weighted by Crippen LogP contribution is -2.35. The number of hydrogen-bond acceptors (Lipinski definition) is 6.